The van der Waals surface area contributed by atoms with Crippen LogP contribution in [0.1, 0.15) is 45.9 Å². The van der Waals surface area contributed by atoms with Crippen LogP contribution in [0.15, 0.2) is 50.6 Å². The Labute approximate surface area is 182 Å². The van der Waals surface area contributed by atoms with Gasteiger partial charge >= 0.3 is 0 Å². The van der Waals surface area contributed by atoms with E-state index in [0.717, 1.165) is 32.8 Å². The number of hydrogen-bond donors (Lipinski definition) is 1. The molecule has 0 radical (unpaired) electrons. The van der Waals surface area contributed by atoms with Gasteiger partial charge < -0.3 is 14.6 Å². The molecule has 1 atom stereocenters. The van der Waals surface area contributed by atoms with Gasteiger partial charge in [-0.3, -0.25) is 4.79 Å². The summed E-state index contributed by atoms with van der Waals surface area (Å²) in [5.41, 5.74) is 3.41. The number of methoxy groups -OCH3 is 1. The Balaban J connectivity index is 1.73. The number of aromatic nitrogens is 2. The molecule has 0 spiro atoms. The molecule has 3 rings (SSSR count). The van der Waals surface area contributed by atoms with E-state index >= 15 is 0 Å². The van der Waals surface area contributed by atoms with Gasteiger partial charge in [0.1, 0.15) is 16.5 Å². The number of amides is 1. The molecule has 2 aromatic heterocycles. The first-order valence-corrected chi connectivity index (χ1v) is 10.8. The summed E-state index contributed by atoms with van der Waals surface area (Å²) in [5.74, 6) is 2.01. The molecule has 0 bridgehead atoms. The molecule has 0 fully saturated rings. The van der Waals surface area contributed by atoms with Crippen molar-refractivity contribution in [1.29, 1.82) is 0 Å². The van der Waals surface area contributed by atoms with Crippen molar-refractivity contribution in [2.24, 2.45) is 0 Å². The van der Waals surface area contributed by atoms with Crippen molar-refractivity contribution in [2.45, 2.75) is 37.6 Å². The Bertz CT molecular complexity index is 1000. The summed E-state index contributed by atoms with van der Waals surface area (Å²) in [7, 11) is 1.62. The normalized spacial score (nSPS) is 11.9. The van der Waals surface area contributed by atoms with Gasteiger partial charge in [-0.25, -0.2) is 4.98 Å². The summed E-state index contributed by atoms with van der Waals surface area (Å²) >= 11 is 4.98. The largest absolute Gasteiger partial charge is 0.496 e. The van der Waals surface area contributed by atoms with Gasteiger partial charge in [0.05, 0.1) is 28.9 Å². The molecule has 152 valence electrons. The Kier molecular flexibility index (Phi) is 6.97. The number of hydrogen-bond acceptors (Lipinski definition) is 6. The van der Waals surface area contributed by atoms with Crippen molar-refractivity contribution in [3.8, 4) is 5.75 Å². The van der Waals surface area contributed by atoms with Gasteiger partial charge in [-0.05, 0) is 66.5 Å². The van der Waals surface area contributed by atoms with Crippen LogP contribution in [0.2, 0.25) is 0 Å². The molecular weight excluding hydrogens is 454 g/mol. The highest BCUT2D eigenvalue weighted by molar-refractivity contribution is 9.10. The lowest BCUT2D eigenvalue weighted by Crippen LogP contribution is -2.27. The first-order valence-electron chi connectivity index (χ1n) is 9.04. The minimum Gasteiger partial charge on any atom is -0.496 e. The van der Waals surface area contributed by atoms with E-state index in [-0.39, 0.29) is 11.9 Å². The Morgan fingerprint density at radius 3 is 2.79 bits per heavy atom. The summed E-state index contributed by atoms with van der Waals surface area (Å²) in [4.78, 5) is 17.3. The molecule has 3 aromatic rings. The average molecular weight is 476 g/mol. The number of aryl methyl sites for hydroxylation is 2. The van der Waals surface area contributed by atoms with E-state index in [1.54, 1.807) is 25.4 Å². The highest BCUT2D eigenvalue weighted by Crippen LogP contribution is 2.29. The third kappa shape index (κ3) is 5.00. The van der Waals surface area contributed by atoms with Crippen LogP contribution in [0, 0.1) is 13.8 Å². The fourth-order valence-electron chi connectivity index (χ4n) is 2.84. The van der Waals surface area contributed by atoms with Crippen molar-refractivity contribution < 1.29 is 14.1 Å². The third-order valence-corrected chi connectivity index (χ3v) is 6.23. The molecule has 2 heterocycles. The molecule has 0 saturated heterocycles. The Morgan fingerprint density at radius 1 is 1.34 bits per heavy atom. The smallest absolute Gasteiger partial charge is 0.254 e. The first-order chi connectivity index (χ1) is 13.9. The van der Waals surface area contributed by atoms with Gasteiger partial charge in [-0.1, -0.05) is 11.2 Å². The summed E-state index contributed by atoms with van der Waals surface area (Å²) < 4.78 is 11.3. The van der Waals surface area contributed by atoms with Crippen molar-refractivity contribution in [3.63, 3.8) is 0 Å². The van der Waals surface area contributed by atoms with Crippen LogP contribution < -0.4 is 10.1 Å². The van der Waals surface area contributed by atoms with Crippen molar-refractivity contribution in [2.75, 3.05) is 7.11 Å². The summed E-state index contributed by atoms with van der Waals surface area (Å²) in [5, 5.41) is 7.70. The Morgan fingerprint density at radius 2 is 2.14 bits per heavy atom. The molecule has 8 heteroatoms. The van der Waals surface area contributed by atoms with Crippen molar-refractivity contribution in [1.82, 2.24) is 15.5 Å². The molecule has 1 amide bonds. The molecule has 0 aliphatic rings. The minimum atomic E-state index is -0.176. The lowest BCUT2D eigenvalue weighted by Gasteiger charge is -2.16. The Hall–Kier alpha value is -2.32. The van der Waals surface area contributed by atoms with E-state index in [1.165, 1.54) is 11.8 Å². The summed E-state index contributed by atoms with van der Waals surface area (Å²) in [6.07, 6.45) is 1.69. The van der Waals surface area contributed by atoms with Gasteiger partial charge in [0.25, 0.3) is 5.91 Å². The highest BCUT2D eigenvalue weighted by atomic mass is 79.9. The van der Waals surface area contributed by atoms with E-state index in [1.807, 2.05) is 39.0 Å². The predicted octanol–water partition coefficient (Wildman–Crippen LogP) is 5.24. The first kappa shape index (κ1) is 21.4. The molecule has 0 saturated carbocycles. The van der Waals surface area contributed by atoms with E-state index < -0.39 is 0 Å². The van der Waals surface area contributed by atoms with Gasteiger partial charge in [0, 0.05) is 17.5 Å². The van der Waals surface area contributed by atoms with E-state index in [0.29, 0.717) is 16.3 Å². The second-order valence-corrected chi connectivity index (χ2v) is 8.36. The zero-order valence-corrected chi connectivity index (χ0v) is 19.1. The number of nitrogens with one attached hydrogen (secondary N) is 1. The molecule has 6 nitrogen and oxygen atoms in total. The predicted molar refractivity (Wildman–Crippen MR) is 116 cm³/mol. The number of pyridine rings is 1. The number of carbonyl (C=O) groups is 1. The second kappa shape index (κ2) is 9.45. The van der Waals surface area contributed by atoms with Gasteiger partial charge in [-0.15, -0.1) is 11.8 Å². The molecule has 1 aromatic carbocycles. The number of thioether (sulfide) groups is 1. The lowest BCUT2D eigenvalue weighted by atomic mass is 10.1. The lowest BCUT2D eigenvalue weighted by molar-refractivity contribution is 0.0936. The van der Waals surface area contributed by atoms with Crippen LogP contribution in [0.4, 0.5) is 0 Å². The van der Waals surface area contributed by atoms with E-state index in [4.69, 9.17) is 9.26 Å². The zero-order chi connectivity index (χ0) is 21.0. The molecule has 1 unspecified atom stereocenters. The van der Waals surface area contributed by atoms with Crippen molar-refractivity contribution >= 4 is 33.6 Å². The number of rotatable bonds is 7. The molecule has 29 heavy (non-hydrogen) atoms. The van der Waals surface area contributed by atoms with Gasteiger partial charge in [0.15, 0.2) is 0 Å². The van der Waals surface area contributed by atoms with Crippen LogP contribution in [0.3, 0.4) is 0 Å². The molecule has 0 aliphatic heterocycles. The highest BCUT2D eigenvalue weighted by Gasteiger charge is 2.18. The summed E-state index contributed by atoms with van der Waals surface area (Å²) in [6, 6.07) is 9.13. The number of benzene rings is 1. The quantitative estimate of drug-likeness (QED) is 0.470. The van der Waals surface area contributed by atoms with E-state index in [2.05, 4.69) is 31.4 Å². The maximum absolute atomic E-state index is 12.9. The number of ether oxygens (including phenoxy) is 1. The van der Waals surface area contributed by atoms with E-state index in [9.17, 15) is 4.79 Å². The van der Waals surface area contributed by atoms with Gasteiger partial charge in [0.2, 0.25) is 0 Å². The fraction of sp³-hybridized carbons (Fsp3) is 0.286. The maximum atomic E-state index is 12.9. The summed E-state index contributed by atoms with van der Waals surface area (Å²) in [6.45, 7) is 5.74. The van der Waals surface area contributed by atoms with Crippen LogP contribution >= 0.6 is 27.7 Å². The van der Waals surface area contributed by atoms with Crippen LogP contribution in [0.5, 0.6) is 5.75 Å². The molecular formula is C21H22BrN3O3S. The molecule has 0 aliphatic carbocycles. The number of nitrogens with zero attached hydrogens (tertiary/aromatic N) is 2. The maximum Gasteiger partial charge on any atom is 0.254 e. The number of carbonyl (C=O) groups excluding carboxylic acids is 1. The minimum absolute atomic E-state index is 0.168. The third-order valence-electron chi connectivity index (χ3n) is 4.57. The van der Waals surface area contributed by atoms with Crippen LogP contribution in [-0.4, -0.2) is 23.2 Å². The topological polar surface area (TPSA) is 77.2 Å². The molecule has 1 N–H and O–H groups in total. The fourth-order valence-corrected chi connectivity index (χ4v) is 4.54. The van der Waals surface area contributed by atoms with Gasteiger partial charge in [-0.2, -0.15) is 0 Å². The standard InChI is InChI=1S/C21H22BrN3O3S/c1-12(15-7-8-19(27-4)18(22)10-15)24-20(26)16-6-5-9-23-21(16)29-11-17-13(2)25-28-14(17)3/h5-10,12H,11H2,1-4H3,(H,24,26). The van der Waals surface area contributed by atoms with Crippen LogP contribution in [0.25, 0.3) is 0 Å². The second-order valence-electron chi connectivity index (χ2n) is 6.54. The SMILES string of the molecule is COc1ccc(C(C)NC(=O)c2cccnc2SCc2c(C)noc2C)cc1Br. The van der Waals surface area contributed by atoms with Crippen LogP contribution in [-0.2, 0) is 5.75 Å². The zero-order valence-electron chi connectivity index (χ0n) is 16.7. The average Bonchev–Trinajstić information content (AvgIpc) is 3.04. The van der Waals surface area contributed by atoms with Crippen molar-refractivity contribution in [3.05, 3.63) is 69.1 Å². The monoisotopic (exact) mass is 475 g/mol. The number of halogens is 1.